The zero-order valence-corrected chi connectivity index (χ0v) is 5.18. The van der Waals surface area contributed by atoms with Gasteiger partial charge in [-0.3, -0.25) is 4.79 Å². The van der Waals surface area contributed by atoms with E-state index in [-0.39, 0.29) is 12.3 Å². The minimum atomic E-state index is -0.127. The highest BCUT2D eigenvalue weighted by molar-refractivity contribution is 5.78. The van der Waals surface area contributed by atoms with E-state index in [9.17, 15) is 4.79 Å². The lowest BCUT2D eigenvalue weighted by atomic mass is 10.4. The van der Waals surface area contributed by atoms with Gasteiger partial charge in [0.25, 0.3) is 0 Å². The molecule has 0 aliphatic rings. The monoisotopic (exact) mass is 123 g/mol. The van der Waals surface area contributed by atoms with E-state index < -0.39 is 0 Å². The first-order valence-corrected chi connectivity index (χ1v) is 2.62. The van der Waals surface area contributed by atoms with Gasteiger partial charge >= 0.3 is 0 Å². The van der Waals surface area contributed by atoms with Crippen molar-refractivity contribution in [3.8, 4) is 12.3 Å². The van der Waals surface area contributed by atoms with Crippen molar-refractivity contribution in [2.45, 2.75) is 6.42 Å². The number of nitrogens with one attached hydrogen (secondary N) is 1. The van der Waals surface area contributed by atoms with Crippen molar-refractivity contribution in [3.05, 3.63) is 12.7 Å². The van der Waals surface area contributed by atoms with Crippen LogP contribution < -0.4 is 5.32 Å². The molecule has 0 aromatic carbocycles. The Kier molecular flexibility index (Phi) is 4.25. The second-order valence-corrected chi connectivity index (χ2v) is 1.47. The average molecular weight is 123 g/mol. The first kappa shape index (κ1) is 7.77. The van der Waals surface area contributed by atoms with Crippen molar-refractivity contribution < 1.29 is 4.79 Å². The summed E-state index contributed by atoms with van der Waals surface area (Å²) in [6.07, 6.45) is 6.62. The second-order valence-electron chi connectivity index (χ2n) is 1.47. The van der Waals surface area contributed by atoms with Gasteiger partial charge in [-0.15, -0.1) is 13.0 Å². The van der Waals surface area contributed by atoms with Crippen LogP contribution >= 0.6 is 0 Å². The van der Waals surface area contributed by atoms with Gasteiger partial charge in [-0.05, 0) is 0 Å². The molecule has 0 radical (unpaired) electrons. The molecule has 0 unspecified atom stereocenters. The standard InChI is InChI=1S/C7H9NO/c1-3-5-7(9)8-6-4-2/h1,4H,2,5-6H2,(H,8,9). The predicted octanol–water partition coefficient (Wildman–Crippen LogP) is 0.312. The molecule has 0 aliphatic heterocycles. The molecule has 0 atom stereocenters. The number of carbonyl (C=O) groups excluding carboxylic acids is 1. The summed E-state index contributed by atoms with van der Waals surface area (Å²) in [6, 6.07) is 0. The third-order valence-corrected chi connectivity index (χ3v) is 0.706. The fourth-order valence-electron chi connectivity index (χ4n) is 0.341. The first-order valence-electron chi connectivity index (χ1n) is 2.62. The molecule has 1 N–H and O–H groups in total. The van der Waals surface area contributed by atoms with Crippen molar-refractivity contribution in [3.63, 3.8) is 0 Å². The summed E-state index contributed by atoms with van der Waals surface area (Å²) < 4.78 is 0. The van der Waals surface area contributed by atoms with Crippen molar-refractivity contribution in [1.82, 2.24) is 5.32 Å². The highest BCUT2D eigenvalue weighted by atomic mass is 16.1. The van der Waals surface area contributed by atoms with Crippen LogP contribution in [0.15, 0.2) is 12.7 Å². The topological polar surface area (TPSA) is 29.1 Å². The van der Waals surface area contributed by atoms with Crippen LogP contribution in [0.5, 0.6) is 0 Å². The van der Waals surface area contributed by atoms with Crippen molar-refractivity contribution in [2.75, 3.05) is 6.54 Å². The van der Waals surface area contributed by atoms with Crippen molar-refractivity contribution in [1.29, 1.82) is 0 Å². The lowest BCUT2D eigenvalue weighted by Crippen LogP contribution is -2.21. The molecule has 2 nitrogen and oxygen atoms in total. The van der Waals surface area contributed by atoms with E-state index in [1.54, 1.807) is 6.08 Å². The van der Waals surface area contributed by atoms with Crippen molar-refractivity contribution in [2.24, 2.45) is 0 Å². The van der Waals surface area contributed by atoms with Gasteiger partial charge < -0.3 is 5.32 Å². The molecule has 0 spiro atoms. The molecule has 0 rings (SSSR count). The number of carbonyl (C=O) groups is 1. The van der Waals surface area contributed by atoms with Gasteiger partial charge in [0.1, 0.15) is 0 Å². The maximum Gasteiger partial charge on any atom is 0.232 e. The van der Waals surface area contributed by atoms with E-state index in [0.29, 0.717) is 6.54 Å². The zero-order chi connectivity index (χ0) is 7.11. The molecule has 0 aliphatic carbocycles. The fourth-order valence-corrected chi connectivity index (χ4v) is 0.341. The lowest BCUT2D eigenvalue weighted by molar-refractivity contribution is -0.119. The molecule has 0 fully saturated rings. The van der Waals surface area contributed by atoms with Gasteiger partial charge in [-0.2, -0.15) is 0 Å². The Morgan fingerprint density at radius 3 is 3.00 bits per heavy atom. The maximum absolute atomic E-state index is 10.5. The molecule has 0 bridgehead atoms. The summed E-state index contributed by atoms with van der Waals surface area (Å²) in [5.74, 6) is 2.10. The summed E-state index contributed by atoms with van der Waals surface area (Å²) in [5, 5.41) is 2.53. The average Bonchev–Trinajstić information content (AvgIpc) is 1.85. The normalized spacial score (nSPS) is 7.44. The van der Waals surface area contributed by atoms with Gasteiger partial charge in [-0.25, -0.2) is 0 Å². The van der Waals surface area contributed by atoms with Crippen LogP contribution in [-0.4, -0.2) is 12.5 Å². The van der Waals surface area contributed by atoms with Gasteiger partial charge in [0.05, 0.1) is 6.42 Å². The minimum absolute atomic E-state index is 0.127. The summed E-state index contributed by atoms with van der Waals surface area (Å²) in [5.41, 5.74) is 0. The highest BCUT2D eigenvalue weighted by Gasteiger charge is 1.91. The van der Waals surface area contributed by atoms with E-state index in [2.05, 4.69) is 17.8 Å². The molecule has 1 amide bonds. The van der Waals surface area contributed by atoms with Crippen molar-refractivity contribution >= 4 is 5.91 Å². The molecule has 48 valence electrons. The van der Waals surface area contributed by atoms with E-state index in [0.717, 1.165) is 0 Å². The van der Waals surface area contributed by atoms with Crippen LogP contribution in [-0.2, 0) is 4.79 Å². The minimum Gasteiger partial charge on any atom is -0.352 e. The summed E-state index contributed by atoms with van der Waals surface area (Å²) in [6.45, 7) is 3.91. The van der Waals surface area contributed by atoms with Crippen LogP contribution in [0.3, 0.4) is 0 Å². The fraction of sp³-hybridized carbons (Fsp3) is 0.286. The lowest BCUT2D eigenvalue weighted by Gasteiger charge is -1.94. The van der Waals surface area contributed by atoms with Crippen LogP contribution in [0.2, 0.25) is 0 Å². The Morgan fingerprint density at radius 2 is 2.56 bits per heavy atom. The Bertz CT molecular complexity index is 143. The van der Waals surface area contributed by atoms with Crippen LogP contribution in [0, 0.1) is 12.3 Å². The summed E-state index contributed by atoms with van der Waals surface area (Å²) >= 11 is 0. The number of amides is 1. The number of hydrogen-bond donors (Lipinski definition) is 1. The van der Waals surface area contributed by atoms with E-state index >= 15 is 0 Å². The number of rotatable bonds is 3. The Labute approximate surface area is 54.9 Å². The van der Waals surface area contributed by atoms with E-state index in [1.165, 1.54) is 0 Å². The number of terminal acetylenes is 1. The molecule has 0 saturated heterocycles. The molecule has 0 aromatic heterocycles. The Balaban J connectivity index is 3.29. The van der Waals surface area contributed by atoms with Gasteiger partial charge in [0, 0.05) is 6.54 Å². The molecular weight excluding hydrogens is 114 g/mol. The highest BCUT2D eigenvalue weighted by Crippen LogP contribution is 1.73. The molecule has 9 heavy (non-hydrogen) atoms. The molecule has 0 saturated carbocycles. The number of hydrogen-bond acceptors (Lipinski definition) is 1. The molecule has 2 heteroatoms. The predicted molar refractivity (Wildman–Crippen MR) is 36.7 cm³/mol. The molecule has 0 heterocycles. The van der Waals surface area contributed by atoms with E-state index in [1.807, 2.05) is 0 Å². The molecule has 0 aromatic rings. The first-order chi connectivity index (χ1) is 4.31. The van der Waals surface area contributed by atoms with E-state index in [4.69, 9.17) is 6.42 Å². The smallest absolute Gasteiger partial charge is 0.232 e. The van der Waals surface area contributed by atoms with Gasteiger partial charge in [-0.1, -0.05) is 12.0 Å². The largest absolute Gasteiger partial charge is 0.352 e. The summed E-state index contributed by atoms with van der Waals surface area (Å²) in [4.78, 5) is 10.5. The molecular formula is C7H9NO. The third kappa shape index (κ3) is 4.63. The van der Waals surface area contributed by atoms with Gasteiger partial charge in [0.2, 0.25) is 5.91 Å². The SMILES string of the molecule is C#CCC(=O)NCC=C. The summed E-state index contributed by atoms with van der Waals surface area (Å²) in [7, 11) is 0. The Hall–Kier alpha value is -1.23. The van der Waals surface area contributed by atoms with Crippen LogP contribution in [0.1, 0.15) is 6.42 Å². The van der Waals surface area contributed by atoms with Crippen LogP contribution in [0.25, 0.3) is 0 Å². The Morgan fingerprint density at radius 1 is 1.89 bits per heavy atom. The zero-order valence-electron chi connectivity index (χ0n) is 5.18. The maximum atomic E-state index is 10.5. The second kappa shape index (κ2) is 4.92. The van der Waals surface area contributed by atoms with Crippen LogP contribution in [0.4, 0.5) is 0 Å². The third-order valence-electron chi connectivity index (χ3n) is 0.706. The quantitative estimate of drug-likeness (QED) is 0.424. The van der Waals surface area contributed by atoms with Gasteiger partial charge in [0.15, 0.2) is 0 Å².